The van der Waals surface area contributed by atoms with Crippen molar-refractivity contribution in [3.63, 3.8) is 0 Å². The fraction of sp³-hybridized carbons (Fsp3) is 0.600. The first kappa shape index (κ1) is 9.19. The van der Waals surface area contributed by atoms with Crippen molar-refractivity contribution in [2.45, 2.75) is 18.9 Å². The van der Waals surface area contributed by atoms with Crippen LogP contribution in [-0.4, -0.2) is 18.2 Å². The van der Waals surface area contributed by atoms with Crippen molar-refractivity contribution in [1.82, 2.24) is 5.32 Å². The molecule has 1 aromatic rings. The van der Waals surface area contributed by atoms with Crippen LogP contribution in [0, 0.1) is 5.92 Å². The van der Waals surface area contributed by atoms with Crippen LogP contribution < -0.4 is 5.32 Å². The molecular weight excluding hydrogens is 182 g/mol. The summed E-state index contributed by atoms with van der Waals surface area (Å²) in [4.78, 5) is 1.11. The molecule has 1 aliphatic rings. The van der Waals surface area contributed by atoms with Gasteiger partial charge < -0.3 is 10.4 Å². The predicted molar refractivity (Wildman–Crippen MR) is 54.9 cm³/mol. The maximum atomic E-state index is 10.5. The van der Waals surface area contributed by atoms with Gasteiger partial charge in [0.25, 0.3) is 0 Å². The van der Waals surface area contributed by atoms with E-state index in [2.05, 4.69) is 12.2 Å². The number of rotatable bonds is 1. The van der Waals surface area contributed by atoms with Gasteiger partial charge in [-0.2, -0.15) is 0 Å². The van der Waals surface area contributed by atoms with Gasteiger partial charge in [0, 0.05) is 17.3 Å². The zero-order valence-electron chi connectivity index (χ0n) is 7.79. The predicted octanol–water partition coefficient (Wildman–Crippen LogP) is 1.57. The van der Waals surface area contributed by atoms with Crippen LogP contribution in [0.1, 0.15) is 18.2 Å². The topological polar surface area (TPSA) is 32.3 Å². The van der Waals surface area contributed by atoms with E-state index >= 15 is 0 Å². The summed E-state index contributed by atoms with van der Waals surface area (Å²) < 4.78 is 0. The SMILES string of the molecule is C[C@H]1CNCC[C@]1(O)c1cccs1. The van der Waals surface area contributed by atoms with Gasteiger partial charge in [-0.25, -0.2) is 0 Å². The van der Waals surface area contributed by atoms with E-state index in [9.17, 15) is 5.11 Å². The lowest BCUT2D eigenvalue weighted by molar-refractivity contribution is -0.0359. The van der Waals surface area contributed by atoms with Gasteiger partial charge in [0.15, 0.2) is 0 Å². The highest BCUT2D eigenvalue weighted by Gasteiger charge is 2.38. The van der Waals surface area contributed by atoms with Gasteiger partial charge in [-0.1, -0.05) is 13.0 Å². The van der Waals surface area contributed by atoms with Crippen LogP contribution in [-0.2, 0) is 5.60 Å². The number of nitrogens with one attached hydrogen (secondary N) is 1. The van der Waals surface area contributed by atoms with Crippen LogP contribution >= 0.6 is 11.3 Å². The molecule has 3 heteroatoms. The molecule has 0 radical (unpaired) electrons. The summed E-state index contributed by atoms with van der Waals surface area (Å²) in [5.74, 6) is 0.305. The normalized spacial score (nSPS) is 34.8. The Kier molecular flexibility index (Phi) is 2.41. The Balaban J connectivity index is 2.27. The number of hydrogen-bond acceptors (Lipinski definition) is 3. The smallest absolute Gasteiger partial charge is 0.104 e. The minimum atomic E-state index is -0.584. The molecule has 1 fully saturated rings. The van der Waals surface area contributed by atoms with Crippen LogP contribution in [0.3, 0.4) is 0 Å². The van der Waals surface area contributed by atoms with E-state index in [1.165, 1.54) is 0 Å². The highest BCUT2D eigenvalue weighted by molar-refractivity contribution is 7.10. The zero-order valence-corrected chi connectivity index (χ0v) is 8.60. The van der Waals surface area contributed by atoms with Gasteiger partial charge in [-0.05, 0) is 24.4 Å². The summed E-state index contributed by atoms with van der Waals surface area (Å²) >= 11 is 1.65. The number of piperidine rings is 1. The first-order chi connectivity index (χ1) is 6.23. The average molecular weight is 197 g/mol. The van der Waals surface area contributed by atoms with E-state index < -0.39 is 5.60 Å². The molecular formula is C10H15NOS. The van der Waals surface area contributed by atoms with Crippen molar-refractivity contribution in [3.05, 3.63) is 22.4 Å². The van der Waals surface area contributed by atoms with Crippen molar-refractivity contribution < 1.29 is 5.11 Å². The molecule has 0 aromatic carbocycles. The quantitative estimate of drug-likeness (QED) is 0.716. The lowest BCUT2D eigenvalue weighted by atomic mass is 9.82. The molecule has 0 aliphatic carbocycles. The van der Waals surface area contributed by atoms with Crippen LogP contribution in [0.5, 0.6) is 0 Å². The second-order valence-corrected chi connectivity index (χ2v) is 4.70. The molecule has 2 nitrogen and oxygen atoms in total. The Hall–Kier alpha value is -0.380. The third-order valence-corrected chi connectivity index (χ3v) is 3.93. The van der Waals surface area contributed by atoms with Crippen LogP contribution in [0.4, 0.5) is 0 Å². The van der Waals surface area contributed by atoms with E-state index in [4.69, 9.17) is 0 Å². The molecule has 13 heavy (non-hydrogen) atoms. The average Bonchev–Trinajstić information content (AvgIpc) is 2.63. The molecule has 2 rings (SSSR count). The van der Waals surface area contributed by atoms with Gasteiger partial charge in [-0.3, -0.25) is 0 Å². The standard InChI is InChI=1S/C10H15NOS/c1-8-7-11-5-4-10(8,12)9-3-2-6-13-9/h2-3,6,8,11-12H,4-5,7H2,1H3/t8-,10+/m0/s1. The summed E-state index contributed by atoms with van der Waals surface area (Å²) in [6.07, 6.45) is 0.828. The minimum absolute atomic E-state index is 0.305. The Labute approximate surface area is 82.6 Å². The molecule has 0 unspecified atom stereocenters. The molecule has 0 spiro atoms. The third kappa shape index (κ3) is 1.52. The van der Waals surface area contributed by atoms with Gasteiger partial charge in [0.1, 0.15) is 5.60 Å². The summed E-state index contributed by atoms with van der Waals surface area (Å²) in [7, 11) is 0. The van der Waals surface area contributed by atoms with Crippen molar-refractivity contribution in [2.24, 2.45) is 5.92 Å². The number of aliphatic hydroxyl groups is 1. The van der Waals surface area contributed by atoms with Gasteiger partial charge >= 0.3 is 0 Å². The van der Waals surface area contributed by atoms with E-state index in [0.29, 0.717) is 5.92 Å². The molecule has 1 aliphatic heterocycles. The first-order valence-corrected chi connectivity index (χ1v) is 5.58. The van der Waals surface area contributed by atoms with Gasteiger partial charge in [-0.15, -0.1) is 11.3 Å². The molecule has 1 saturated heterocycles. The number of hydrogen-bond donors (Lipinski definition) is 2. The zero-order chi connectivity index (χ0) is 9.31. The monoisotopic (exact) mass is 197 g/mol. The molecule has 0 bridgehead atoms. The number of thiophene rings is 1. The van der Waals surface area contributed by atoms with E-state index in [1.807, 2.05) is 17.5 Å². The van der Waals surface area contributed by atoms with E-state index in [-0.39, 0.29) is 0 Å². The fourth-order valence-corrected chi connectivity index (χ4v) is 2.87. The Morgan fingerprint density at radius 3 is 3.15 bits per heavy atom. The summed E-state index contributed by atoms with van der Waals surface area (Å²) in [6, 6.07) is 4.04. The second kappa shape index (κ2) is 3.40. The lowest BCUT2D eigenvalue weighted by Gasteiger charge is -2.37. The van der Waals surface area contributed by atoms with Crippen molar-refractivity contribution in [3.8, 4) is 0 Å². The Morgan fingerprint density at radius 1 is 1.69 bits per heavy atom. The van der Waals surface area contributed by atoms with Gasteiger partial charge in [0.05, 0.1) is 0 Å². The van der Waals surface area contributed by atoms with E-state index in [0.717, 1.165) is 24.4 Å². The minimum Gasteiger partial charge on any atom is -0.384 e. The first-order valence-electron chi connectivity index (χ1n) is 4.70. The summed E-state index contributed by atoms with van der Waals surface area (Å²) in [5.41, 5.74) is -0.584. The van der Waals surface area contributed by atoms with Crippen LogP contribution in [0.15, 0.2) is 17.5 Å². The van der Waals surface area contributed by atoms with Crippen molar-refractivity contribution in [2.75, 3.05) is 13.1 Å². The third-order valence-electron chi connectivity index (χ3n) is 2.90. The summed E-state index contributed by atoms with van der Waals surface area (Å²) in [5, 5.41) is 15.8. The molecule has 1 aromatic heterocycles. The fourth-order valence-electron chi connectivity index (χ4n) is 1.90. The maximum Gasteiger partial charge on any atom is 0.104 e. The second-order valence-electron chi connectivity index (χ2n) is 3.76. The molecule has 2 heterocycles. The van der Waals surface area contributed by atoms with Gasteiger partial charge in [0.2, 0.25) is 0 Å². The highest BCUT2D eigenvalue weighted by Crippen LogP contribution is 2.37. The van der Waals surface area contributed by atoms with Crippen LogP contribution in [0.25, 0.3) is 0 Å². The lowest BCUT2D eigenvalue weighted by Crippen LogP contribution is -2.46. The molecule has 0 saturated carbocycles. The Bertz CT molecular complexity index is 272. The highest BCUT2D eigenvalue weighted by atomic mass is 32.1. The van der Waals surface area contributed by atoms with E-state index in [1.54, 1.807) is 11.3 Å². The van der Waals surface area contributed by atoms with Crippen LogP contribution in [0.2, 0.25) is 0 Å². The molecule has 0 amide bonds. The maximum absolute atomic E-state index is 10.5. The van der Waals surface area contributed by atoms with Crippen molar-refractivity contribution in [1.29, 1.82) is 0 Å². The molecule has 72 valence electrons. The summed E-state index contributed by atoms with van der Waals surface area (Å²) in [6.45, 7) is 3.93. The molecule has 2 N–H and O–H groups in total. The van der Waals surface area contributed by atoms with Crippen molar-refractivity contribution >= 4 is 11.3 Å². The largest absolute Gasteiger partial charge is 0.384 e. The molecule has 2 atom stereocenters. The Morgan fingerprint density at radius 2 is 2.54 bits per heavy atom.